The molecule has 3 nitrogen and oxygen atoms in total. The molecule has 21 heavy (non-hydrogen) atoms. The molecule has 2 atom stereocenters. The molecule has 0 aliphatic carbocycles. The quantitative estimate of drug-likeness (QED) is 0.929. The Bertz CT molecular complexity index is 632. The van der Waals surface area contributed by atoms with Crippen LogP contribution in [0.1, 0.15) is 31.4 Å². The number of hydrogen-bond donors (Lipinski definition) is 1. The van der Waals surface area contributed by atoms with Gasteiger partial charge in [-0.3, -0.25) is 0 Å². The summed E-state index contributed by atoms with van der Waals surface area (Å²) in [6, 6.07) is 13.0. The van der Waals surface area contributed by atoms with Crippen molar-refractivity contribution in [1.29, 1.82) is 0 Å². The fourth-order valence-electron chi connectivity index (χ4n) is 3.40. The molecule has 0 radical (unpaired) electrons. The molecule has 1 aliphatic heterocycles. The zero-order chi connectivity index (χ0) is 14.9. The third-order valence-corrected chi connectivity index (χ3v) is 4.55. The van der Waals surface area contributed by atoms with Gasteiger partial charge in [0, 0.05) is 6.61 Å². The van der Waals surface area contributed by atoms with Crippen molar-refractivity contribution in [3.8, 4) is 5.75 Å². The molecular formula is C18H23NO2. The zero-order valence-electron chi connectivity index (χ0n) is 13.0. The van der Waals surface area contributed by atoms with Gasteiger partial charge in [0.05, 0.1) is 18.8 Å². The Morgan fingerprint density at radius 3 is 2.62 bits per heavy atom. The molecule has 3 heteroatoms. The van der Waals surface area contributed by atoms with Crippen molar-refractivity contribution in [3.05, 3.63) is 42.0 Å². The lowest BCUT2D eigenvalue weighted by molar-refractivity contribution is -0.0104. The monoisotopic (exact) mass is 285 g/mol. The molecule has 2 unspecified atom stereocenters. The summed E-state index contributed by atoms with van der Waals surface area (Å²) in [6.07, 6.45) is 2.23. The Morgan fingerprint density at radius 1 is 1.19 bits per heavy atom. The van der Waals surface area contributed by atoms with Crippen LogP contribution in [0.2, 0.25) is 0 Å². The first-order valence-corrected chi connectivity index (χ1v) is 7.55. The maximum absolute atomic E-state index is 6.01. The molecule has 2 aromatic carbocycles. The first-order valence-electron chi connectivity index (χ1n) is 7.55. The van der Waals surface area contributed by atoms with E-state index in [2.05, 4.69) is 42.6 Å². The predicted molar refractivity (Wildman–Crippen MR) is 85.9 cm³/mol. The van der Waals surface area contributed by atoms with E-state index in [-0.39, 0.29) is 11.6 Å². The van der Waals surface area contributed by atoms with Gasteiger partial charge in [0.2, 0.25) is 0 Å². The summed E-state index contributed by atoms with van der Waals surface area (Å²) in [5.74, 6) is 0.895. The van der Waals surface area contributed by atoms with E-state index in [1.165, 1.54) is 16.3 Å². The van der Waals surface area contributed by atoms with Gasteiger partial charge < -0.3 is 14.8 Å². The van der Waals surface area contributed by atoms with Crippen LogP contribution in [0.5, 0.6) is 5.75 Å². The normalized spacial score (nSPS) is 23.4. The van der Waals surface area contributed by atoms with Crippen LogP contribution >= 0.6 is 0 Å². The predicted octanol–water partition coefficient (Wildman–Crippen LogP) is 3.68. The highest BCUT2D eigenvalue weighted by molar-refractivity contribution is 5.84. The Balaban J connectivity index is 1.99. The van der Waals surface area contributed by atoms with Crippen molar-refractivity contribution in [2.75, 3.05) is 20.8 Å². The van der Waals surface area contributed by atoms with E-state index in [0.717, 1.165) is 25.2 Å². The highest BCUT2D eigenvalue weighted by Crippen LogP contribution is 2.38. The molecule has 2 aromatic rings. The molecule has 1 fully saturated rings. The summed E-state index contributed by atoms with van der Waals surface area (Å²) in [7, 11) is 3.71. The fraction of sp³-hybridized carbons (Fsp3) is 0.444. The van der Waals surface area contributed by atoms with Crippen molar-refractivity contribution in [3.63, 3.8) is 0 Å². The average Bonchev–Trinajstić information content (AvgIpc) is 2.94. The van der Waals surface area contributed by atoms with Gasteiger partial charge in [-0.1, -0.05) is 18.2 Å². The molecule has 0 aromatic heterocycles. The number of ether oxygens (including phenoxy) is 2. The summed E-state index contributed by atoms with van der Waals surface area (Å²) in [4.78, 5) is 0. The van der Waals surface area contributed by atoms with E-state index < -0.39 is 0 Å². The second kappa shape index (κ2) is 5.66. The lowest BCUT2D eigenvalue weighted by atomic mass is 9.87. The summed E-state index contributed by atoms with van der Waals surface area (Å²) in [6.45, 7) is 3.07. The van der Waals surface area contributed by atoms with Crippen molar-refractivity contribution in [2.24, 2.45) is 0 Å². The number of likely N-dealkylation sites (N-methyl/N-ethyl adjacent to an activating group) is 1. The van der Waals surface area contributed by atoms with Crippen molar-refractivity contribution in [2.45, 2.75) is 31.4 Å². The minimum Gasteiger partial charge on any atom is -0.497 e. The third kappa shape index (κ3) is 2.63. The molecule has 0 bridgehead atoms. The minimum atomic E-state index is -0.116. The average molecular weight is 285 g/mol. The third-order valence-electron chi connectivity index (χ3n) is 4.55. The molecule has 1 saturated heterocycles. The lowest BCUT2D eigenvalue weighted by Gasteiger charge is -2.33. The van der Waals surface area contributed by atoms with Crippen molar-refractivity contribution in [1.82, 2.24) is 5.32 Å². The van der Waals surface area contributed by atoms with E-state index >= 15 is 0 Å². The number of hydrogen-bond acceptors (Lipinski definition) is 3. The van der Waals surface area contributed by atoms with Gasteiger partial charge in [-0.05, 0) is 61.3 Å². The number of nitrogens with one attached hydrogen (secondary N) is 1. The number of fused-ring (bicyclic) bond motifs is 1. The van der Waals surface area contributed by atoms with Crippen LogP contribution in [0.25, 0.3) is 10.8 Å². The Morgan fingerprint density at radius 2 is 1.95 bits per heavy atom. The van der Waals surface area contributed by atoms with Crippen LogP contribution in [-0.2, 0) is 4.74 Å². The van der Waals surface area contributed by atoms with Gasteiger partial charge in [0.15, 0.2) is 0 Å². The summed E-state index contributed by atoms with van der Waals surface area (Å²) >= 11 is 0. The van der Waals surface area contributed by atoms with Gasteiger partial charge in [-0.2, -0.15) is 0 Å². The van der Waals surface area contributed by atoms with Crippen LogP contribution in [-0.4, -0.2) is 26.4 Å². The van der Waals surface area contributed by atoms with Crippen LogP contribution in [0.4, 0.5) is 0 Å². The highest BCUT2D eigenvalue weighted by Gasteiger charge is 2.38. The van der Waals surface area contributed by atoms with Crippen LogP contribution in [0.15, 0.2) is 36.4 Å². The molecule has 0 spiro atoms. The van der Waals surface area contributed by atoms with Gasteiger partial charge in [0.25, 0.3) is 0 Å². The maximum Gasteiger partial charge on any atom is 0.119 e. The second-order valence-corrected chi connectivity index (χ2v) is 5.96. The van der Waals surface area contributed by atoms with Gasteiger partial charge >= 0.3 is 0 Å². The molecule has 1 heterocycles. The standard InChI is InChI=1S/C18H23NO2/c1-18(9-4-10-21-18)17(19-2)15-6-5-14-12-16(20-3)8-7-13(14)11-15/h5-8,11-12,17,19H,4,9-10H2,1-3H3. The fourth-order valence-corrected chi connectivity index (χ4v) is 3.40. The number of methoxy groups -OCH3 is 1. The first kappa shape index (κ1) is 14.4. The lowest BCUT2D eigenvalue weighted by Crippen LogP contribution is -2.39. The van der Waals surface area contributed by atoms with E-state index in [9.17, 15) is 0 Å². The molecule has 1 aliphatic rings. The summed E-state index contributed by atoms with van der Waals surface area (Å²) in [5.41, 5.74) is 1.16. The Hall–Kier alpha value is -1.58. The number of benzene rings is 2. The Kier molecular flexibility index (Phi) is 3.87. The van der Waals surface area contributed by atoms with Gasteiger partial charge in [-0.25, -0.2) is 0 Å². The smallest absolute Gasteiger partial charge is 0.119 e. The highest BCUT2D eigenvalue weighted by atomic mass is 16.5. The van der Waals surface area contributed by atoms with Crippen molar-refractivity contribution < 1.29 is 9.47 Å². The summed E-state index contributed by atoms with van der Waals surface area (Å²) < 4.78 is 11.3. The van der Waals surface area contributed by atoms with Gasteiger partial charge in [-0.15, -0.1) is 0 Å². The molecular weight excluding hydrogens is 262 g/mol. The Labute approximate surface area is 126 Å². The largest absolute Gasteiger partial charge is 0.497 e. The van der Waals surface area contributed by atoms with Crippen molar-refractivity contribution >= 4 is 10.8 Å². The zero-order valence-corrected chi connectivity index (χ0v) is 13.0. The molecule has 0 amide bonds. The van der Waals surface area contributed by atoms with Crippen LogP contribution < -0.4 is 10.1 Å². The SMILES string of the molecule is CNC(c1ccc2cc(OC)ccc2c1)C1(C)CCCO1. The van der Waals surface area contributed by atoms with E-state index in [1.807, 2.05) is 13.1 Å². The minimum absolute atomic E-state index is 0.116. The molecule has 112 valence electrons. The van der Waals surface area contributed by atoms with E-state index in [4.69, 9.17) is 9.47 Å². The summed E-state index contributed by atoms with van der Waals surface area (Å²) in [5, 5.41) is 5.87. The molecule has 1 N–H and O–H groups in total. The second-order valence-electron chi connectivity index (χ2n) is 5.96. The topological polar surface area (TPSA) is 30.5 Å². The van der Waals surface area contributed by atoms with Crippen LogP contribution in [0, 0.1) is 0 Å². The molecule has 0 saturated carbocycles. The van der Waals surface area contributed by atoms with E-state index in [1.54, 1.807) is 7.11 Å². The van der Waals surface area contributed by atoms with Gasteiger partial charge in [0.1, 0.15) is 5.75 Å². The maximum atomic E-state index is 6.01. The number of rotatable bonds is 4. The molecule has 3 rings (SSSR count). The van der Waals surface area contributed by atoms with E-state index in [0.29, 0.717) is 0 Å². The van der Waals surface area contributed by atoms with Crippen LogP contribution in [0.3, 0.4) is 0 Å². The first-order chi connectivity index (χ1) is 10.2.